The second-order valence-corrected chi connectivity index (χ2v) is 7.44. The fourth-order valence-electron chi connectivity index (χ4n) is 2.59. The Balaban J connectivity index is 1.84. The molecule has 1 amide bonds. The van der Waals surface area contributed by atoms with Gasteiger partial charge in [0.15, 0.2) is 0 Å². The first kappa shape index (κ1) is 17.9. The molecule has 1 saturated heterocycles. The summed E-state index contributed by atoms with van der Waals surface area (Å²) in [6.45, 7) is 4.58. The Bertz CT molecular complexity index is 654. The lowest BCUT2D eigenvalue weighted by Gasteiger charge is -2.33. The molecule has 0 radical (unpaired) electrons. The van der Waals surface area contributed by atoms with Gasteiger partial charge in [0, 0.05) is 39.8 Å². The van der Waals surface area contributed by atoms with Crippen molar-refractivity contribution in [2.24, 2.45) is 5.14 Å². The Hall–Kier alpha value is -1.48. The average molecular weight is 340 g/mol. The van der Waals surface area contributed by atoms with Crippen LogP contribution in [-0.2, 0) is 21.5 Å². The maximum absolute atomic E-state index is 12.3. The van der Waals surface area contributed by atoms with E-state index in [9.17, 15) is 13.2 Å². The second-order valence-electron chi connectivity index (χ2n) is 5.90. The van der Waals surface area contributed by atoms with Crippen LogP contribution in [0.4, 0.5) is 0 Å². The normalized spacial score (nSPS) is 17.2. The third kappa shape index (κ3) is 5.00. The minimum Gasteiger partial charge on any atom is -0.340 e. The maximum Gasteiger partial charge on any atom is 0.276 e. The van der Waals surface area contributed by atoms with Gasteiger partial charge < -0.3 is 4.90 Å². The molecule has 1 aromatic rings. The zero-order valence-corrected chi connectivity index (χ0v) is 14.4. The van der Waals surface area contributed by atoms with E-state index in [1.165, 1.54) is 4.31 Å². The van der Waals surface area contributed by atoms with Gasteiger partial charge in [-0.25, -0.2) is 5.14 Å². The molecule has 8 heteroatoms. The van der Waals surface area contributed by atoms with E-state index in [-0.39, 0.29) is 5.91 Å². The molecule has 0 aromatic heterocycles. The van der Waals surface area contributed by atoms with Crippen molar-refractivity contribution >= 4 is 16.1 Å². The number of amides is 1. The highest BCUT2D eigenvalue weighted by Crippen LogP contribution is 2.10. The van der Waals surface area contributed by atoms with Crippen LogP contribution >= 0.6 is 0 Å². The first-order chi connectivity index (χ1) is 10.8. The maximum atomic E-state index is 12.3. The third-order valence-corrected chi connectivity index (χ3v) is 5.23. The summed E-state index contributed by atoms with van der Waals surface area (Å²) in [5.41, 5.74) is 2.29. The number of rotatable bonds is 5. The van der Waals surface area contributed by atoms with Gasteiger partial charge in [0.1, 0.15) is 0 Å². The van der Waals surface area contributed by atoms with E-state index in [0.717, 1.165) is 11.1 Å². The SMILES string of the molecule is Cc1ccccc1CN(C)C(=O)CN1CCN(S(N)(=O)=O)CC1. The molecule has 1 heterocycles. The van der Waals surface area contributed by atoms with E-state index in [0.29, 0.717) is 39.3 Å². The van der Waals surface area contributed by atoms with Crippen LogP contribution in [0.25, 0.3) is 0 Å². The summed E-state index contributed by atoms with van der Waals surface area (Å²) in [6.07, 6.45) is 0. The van der Waals surface area contributed by atoms with Crippen molar-refractivity contribution in [2.75, 3.05) is 39.8 Å². The number of carbonyl (C=O) groups excluding carboxylic acids is 1. The lowest BCUT2D eigenvalue weighted by Crippen LogP contribution is -2.52. The monoisotopic (exact) mass is 340 g/mol. The number of aryl methyl sites for hydroxylation is 1. The molecule has 23 heavy (non-hydrogen) atoms. The van der Waals surface area contributed by atoms with Crippen LogP contribution in [-0.4, -0.2) is 68.2 Å². The summed E-state index contributed by atoms with van der Waals surface area (Å²) < 4.78 is 23.8. The van der Waals surface area contributed by atoms with Gasteiger partial charge in [-0.1, -0.05) is 24.3 Å². The fourth-order valence-corrected chi connectivity index (χ4v) is 3.26. The van der Waals surface area contributed by atoms with Gasteiger partial charge in [-0.3, -0.25) is 9.69 Å². The minimum atomic E-state index is -3.63. The number of hydrogen-bond donors (Lipinski definition) is 1. The van der Waals surface area contributed by atoms with Gasteiger partial charge in [-0.05, 0) is 18.1 Å². The van der Waals surface area contributed by atoms with Crippen LogP contribution in [0.5, 0.6) is 0 Å². The van der Waals surface area contributed by atoms with E-state index in [1.807, 2.05) is 36.1 Å². The summed E-state index contributed by atoms with van der Waals surface area (Å²) in [6, 6.07) is 7.99. The number of carbonyl (C=O) groups is 1. The fraction of sp³-hybridized carbons (Fsp3) is 0.533. The van der Waals surface area contributed by atoms with Gasteiger partial charge in [-0.2, -0.15) is 12.7 Å². The molecule has 0 bridgehead atoms. The molecule has 2 N–H and O–H groups in total. The zero-order chi connectivity index (χ0) is 17.0. The molecule has 1 aliphatic heterocycles. The quantitative estimate of drug-likeness (QED) is 0.802. The molecule has 1 fully saturated rings. The highest BCUT2D eigenvalue weighted by molar-refractivity contribution is 7.86. The third-order valence-electron chi connectivity index (χ3n) is 4.14. The Kier molecular flexibility index (Phi) is 5.74. The molecule has 1 aromatic carbocycles. The highest BCUT2D eigenvalue weighted by atomic mass is 32.2. The summed E-state index contributed by atoms with van der Waals surface area (Å²) >= 11 is 0. The molecular formula is C15H24N4O3S. The van der Waals surface area contributed by atoms with Crippen LogP contribution in [0, 0.1) is 6.92 Å². The Labute approximate surface area is 137 Å². The number of piperazine rings is 1. The molecule has 0 unspecified atom stereocenters. The number of benzene rings is 1. The number of hydrogen-bond acceptors (Lipinski definition) is 4. The van der Waals surface area contributed by atoms with Crippen molar-refractivity contribution in [3.05, 3.63) is 35.4 Å². The molecular weight excluding hydrogens is 316 g/mol. The first-order valence-electron chi connectivity index (χ1n) is 7.56. The van der Waals surface area contributed by atoms with Crippen LogP contribution in [0.15, 0.2) is 24.3 Å². The van der Waals surface area contributed by atoms with Gasteiger partial charge >= 0.3 is 0 Å². The lowest BCUT2D eigenvalue weighted by atomic mass is 10.1. The standard InChI is InChI=1S/C15H24N4O3S/c1-13-5-3-4-6-14(13)11-17(2)15(20)12-18-7-9-19(10-8-18)23(16,21)22/h3-6H,7-12H2,1-2H3,(H2,16,21,22). The van der Waals surface area contributed by atoms with E-state index in [1.54, 1.807) is 11.9 Å². The van der Waals surface area contributed by atoms with Crippen LogP contribution in [0.3, 0.4) is 0 Å². The van der Waals surface area contributed by atoms with Crippen molar-refractivity contribution in [1.82, 2.24) is 14.1 Å². The molecule has 0 atom stereocenters. The van der Waals surface area contributed by atoms with Crippen molar-refractivity contribution < 1.29 is 13.2 Å². The van der Waals surface area contributed by atoms with Crippen LogP contribution in [0.1, 0.15) is 11.1 Å². The molecule has 1 aliphatic rings. The van der Waals surface area contributed by atoms with Gasteiger partial charge in [0.2, 0.25) is 5.91 Å². The largest absolute Gasteiger partial charge is 0.340 e. The van der Waals surface area contributed by atoms with Gasteiger partial charge in [0.05, 0.1) is 6.54 Å². The van der Waals surface area contributed by atoms with E-state index < -0.39 is 10.2 Å². The Morgan fingerprint density at radius 1 is 1.22 bits per heavy atom. The topological polar surface area (TPSA) is 86.9 Å². The van der Waals surface area contributed by atoms with Crippen molar-refractivity contribution in [2.45, 2.75) is 13.5 Å². The Morgan fingerprint density at radius 3 is 2.39 bits per heavy atom. The average Bonchev–Trinajstić information content (AvgIpc) is 2.49. The smallest absolute Gasteiger partial charge is 0.276 e. The summed E-state index contributed by atoms with van der Waals surface area (Å²) in [7, 11) is -1.84. The molecule has 2 rings (SSSR count). The van der Waals surface area contributed by atoms with Crippen molar-refractivity contribution in [3.63, 3.8) is 0 Å². The minimum absolute atomic E-state index is 0.0253. The van der Waals surface area contributed by atoms with Gasteiger partial charge in [-0.15, -0.1) is 0 Å². The summed E-state index contributed by atoms with van der Waals surface area (Å²) in [5, 5.41) is 5.11. The van der Waals surface area contributed by atoms with Crippen LogP contribution in [0.2, 0.25) is 0 Å². The molecule has 0 spiro atoms. The highest BCUT2D eigenvalue weighted by Gasteiger charge is 2.25. The number of likely N-dealkylation sites (N-methyl/N-ethyl adjacent to an activating group) is 1. The summed E-state index contributed by atoms with van der Waals surface area (Å²) in [5.74, 6) is 0.0253. The lowest BCUT2D eigenvalue weighted by molar-refractivity contribution is -0.131. The summed E-state index contributed by atoms with van der Waals surface area (Å²) in [4.78, 5) is 16.0. The van der Waals surface area contributed by atoms with Crippen LogP contribution < -0.4 is 5.14 Å². The molecule has 7 nitrogen and oxygen atoms in total. The second kappa shape index (κ2) is 7.39. The molecule has 0 saturated carbocycles. The predicted octanol–water partition coefficient (Wildman–Crippen LogP) is -0.225. The van der Waals surface area contributed by atoms with Crippen molar-refractivity contribution in [3.8, 4) is 0 Å². The predicted molar refractivity (Wildman–Crippen MR) is 88.8 cm³/mol. The first-order valence-corrected chi connectivity index (χ1v) is 9.06. The van der Waals surface area contributed by atoms with Crippen molar-refractivity contribution in [1.29, 1.82) is 0 Å². The molecule has 0 aliphatic carbocycles. The van der Waals surface area contributed by atoms with Gasteiger partial charge in [0.25, 0.3) is 10.2 Å². The number of nitrogens with two attached hydrogens (primary N) is 1. The Morgan fingerprint density at radius 2 is 1.83 bits per heavy atom. The van der Waals surface area contributed by atoms with E-state index in [4.69, 9.17) is 5.14 Å². The molecule has 128 valence electrons. The van der Waals surface area contributed by atoms with E-state index in [2.05, 4.69) is 0 Å². The zero-order valence-electron chi connectivity index (χ0n) is 13.6. The number of nitrogens with zero attached hydrogens (tertiary/aromatic N) is 3. The van der Waals surface area contributed by atoms with E-state index >= 15 is 0 Å².